The van der Waals surface area contributed by atoms with E-state index in [4.69, 9.17) is 9.47 Å². The Balaban J connectivity index is 2.96. The van der Waals surface area contributed by atoms with Crippen molar-refractivity contribution in [2.45, 2.75) is 13.3 Å². The summed E-state index contributed by atoms with van der Waals surface area (Å²) in [6, 6.07) is 5.12. The molecule has 16 heavy (non-hydrogen) atoms. The van der Waals surface area contributed by atoms with E-state index in [0.29, 0.717) is 23.7 Å². The van der Waals surface area contributed by atoms with Crippen LogP contribution in [0.3, 0.4) is 0 Å². The molecule has 4 nitrogen and oxygen atoms in total. The maximum atomic E-state index is 11.4. The molecular formula is C12H17NO3. The maximum absolute atomic E-state index is 11.4. The minimum atomic E-state index is -0.135. The molecule has 0 saturated heterocycles. The SMILES string of the molecule is CCCOc1cc(C(=O)NC)ccc1OC. The van der Waals surface area contributed by atoms with E-state index < -0.39 is 0 Å². The van der Waals surface area contributed by atoms with Crippen molar-refractivity contribution in [3.8, 4) is 11.5 Å². The van der Waals surface area contributed by atoms with Gasteiger partial charge in [0.1, 0.15) is 0 Å². The van der Waals surface area contributed by atoms with Crippen LogP contribution in [0.5, 0.6) is 11.5 Å². The molecule has 0 heterocycles. The van der Waals surface area contributed by atoms with Crippen molar-refractivity contribution in [3.05, 3.63) is 23.8 Å². The minimum absolute atomic E-state index is 0.135. The van der Waals surface area contributed by atoms with Crippen LogP contribution in [0.2, 0.25) is 0 Å². The van der Waals surface area contributed by atoms with Gasteiger partial charge >= 0.3 is 0 Å². The molecule has 1 aromatic carbocycles. The molecule has 0 spiro atoms. The molecule has 0 aromatic heterocycles. The van der Waals surface area contributed by atoms with E-state index in [-0.39, 0.29) is 5.91 Å². The van der Waals surface area contributed by atoms with Crippen LogP contribution in [0.4, 0.5) is 0 Å². The monoisotopic (exact) mass is 223 g/mol. The first-order valence-electron chi connectivity index (χ1n) is 5.25. The van der Waals surface area contributed by atoms with Crippen LogP contribution in [0, 0.1) is 0 Å². The first-order chi connectivity index (χ1) is 7.72. The molecule has 0 radical (unpaired) electrons. The van der Waals surface area contributed by atoms with Gasteiger partial charge in [0, 0.05) is 12.6 Å². The molecule has 0 aliphatic heterocycles. The van der Waals surface area contributed by atoms with E-state index in [1.54, 1.807) is 32.4 Å². The van der Waals surface area contributed by atoms with E-state index >= 15 is 0 Å². The van der Waals surface area contributed by atoms with Gasteiger partial charge in [-0.1, -0.05) is 6.92 Å². The van der Waals surface area contributed by atoms with E-state index in [1.165, 1.54) is 0 Å². The molecule has 4 heteroatoms. The lowest BCUT2D eigenvalue weighted by molar-refractivity contribution is 0.0962. The number of rotatable bonds is 5. The number of amides is 1. The zero-order valence-corrected chi connectivity index (χ0v) is 9.87. The second-order valence-electron chi connectivity index (χ2n) is 3.29. The van der Waals surface area contributed by atoms with Crippen LogP contribution in [0.15, 0.2) is 18.2 Å². The lowest BCUT2D eigenvalue weighted by atomic mass is 10.2. The number of benzene rings is 1. The summed E-state index contributed by atoms with van der Waals surface area (Å²) in [5.74, 6) is 1.11. The van der Waals surface area contributed by atoms with Gasteiger partial charge in [-0.2, -0.15) is 0 Å². The van der Waals surface area contributed by atoms with Gasteiger partial charge in [-0.05, 0) is 24.6 Å². The Morgan fingerprint density at radius 2 is 2.12 bits per heavy atom. The highest BCUT2D eigenvalue weighted by Crippen LogP contribution is 2.28. The van der Waals surface area contributed by atoms with E-state index in [2.05, 4.69) is 5.32 Å². The third-order valence-corrected chi connectivity index (χ3v) is 2.11. The molecule has 0 unspecified atom stereocenters. The average molecular weight is 223 g/mol. The van der Waals surface area contributed by atoms with Crippen molar-refractivity contribution in [2.75, 3.05) is 20.8 Å². The van der Waals surface area contributed by atoms with Gasteiger partial charge < -0.3 is 14.8 Å². The van der Waals surface area contributed by atoms with E-state index in [0.717, 1.165) is 6.42 Å². The summed E-state index contributed by atoms with van der Waals surface area (Å²) in [4.78, 5) is 11.4. The molecule has 88 valence electrons. The number of hydrogen-bond donors (Lipinski definition) is 1. The van der Waals surface area contributed by atoms with Crippen LogP contribution < -0.4 is 14.8 Å². The summed E-state index contributed by atoms with van der Waals surface area (Å²) in [6.45, 7) is 2.63. The molecule has 0 aliphatic rings. The standard InChI is InChI=1S/C12H17NO3/c1-4-7-16-11-8-9(12(14)13-2)5-6-10(11)15-3/h5-6,8H,4,7H2,1-3H3,(H,13,14). The van der Waals surface area contributed by atoms with Crippen LogP contribution in [0.1, 0.15) is 23.7 Å². The number of nitrogens with one attached hydrogen (secondary N) is 1. The predicted octanol–water partition coefficient (Wildman–Crippen LogP) is 1.84. The fourth-order valence-corrected chi connectivity index (χ4v) is 1.29. The van der Waals surface area contributed by atoms with Crippen molar-refractivity contribution < 1.29 is 14.3 Å². The molecule has 0 fully saturated rings. The van der Waals surface area contributed by atoms with Crippen molar-refractivity contribution >= 4 is 5.91 Å². The first kappa shape index (κ1) is 12.4. The first-order valence-corrected chi connectivity index (χ1v) is 5.25. The Bertz CT molecular complexity index is 363. The normalized spacial score (nSPS) is 9.69. The van der Waals surface area contributed by atoms with Gasteiger partial charge in [0.25, 0.3) is 5.91 Å². The molecule has 0 bridgehead atoms. The quantitative estimate of drug-likeness (QED) is 0.828. The van der Waals surface area contributed by atoms with Gasteiger partial charge in [0.2, 0.25) is 0 Å². The molecule has 1 rings (SSSR count). The predicted molar refractivity (Wildman–Crippen MR) is 62.2 cm³/mol. The maximum Gasteiger partial charge on any atom is 0.251 e. The fourth-order valence-electron chi connectivity index (χ4n) is 1.29. The average Bonchev–Trinajstić information content (AvgIpc) is 2.34. The number of carbonyl (C=O) groups is 1. The summed E-state index contributed by atoms with van der Waals surface area (Å²) in [6.07, 6.45) is 0.910. The topological polar surface area (TPSA) is 47.6 Å². The lowest BCUT2D eigenvalue weighted by Gasteiger charge is -2.11. The minimum Gasteiger partial charge on any atom is -0.493 e. The zero-order valence-electron chi connectivity index (χ0n) is 9.87. The number of carbonyl (C=O) groups excluding carboxylic acids is 1. The summed E-state index contributed by atoms with van der Waals surface area (Å²) >= 11 is 0. The Morgan fingerprint density at radius 1 is 1.38 bits per heavy atom. The molecule has 1 aromatic rings. The Labute approximate surface area is 95.6 Å². The van der Waals surface area contributed by atoms with Gasteiger partial charge in [0.15, 0.2) is 11.5 Å². The number of ether oxygens (including phenoxy) is 2. The summed E-state index contributed by atoms with van der Waals surface area (Å²) in [5, 5.41) is 2.57. The molecular weight excluding hydrogens is 206 g/mol. The summed E-state index contributed by atoms with van der Waals surface area (Å²) < 4.78 is 10.7. The molecule has 0 atom stereocenters. The smallest absolute Gasteiger partial charge is 0.251 e. The zero-order chi connectivity index (χ0) is 12.0. The van der Waals surface area contributed by atoms with Crippen molar-refractivity contribution in [1.29, 1.82) is 0 Å². The van der Waals surface area contributed by atoms with Gasteiger partial charge in [-0.3, -0.25) is 4.79 Å². The van der Waals surface area contributed by atoms with Gasteiger partial charge in [-0.15, -0.1) is 0 Å². The Morgan fingerprint density at radius 3 is 2.69 bits per heavy atom. The van der Waals surface area contributed by atoms with E-state index in [9.17, 15) is 4.79 Å². The number of hydrogen-bond acceptors (Lipinski definition) is 3. The molecule has 1 amide bonds. The largest absolute Gasteiger partial charge is 0.493 e. The highest BCUT2D eigenvalue weighted by atomic mass is 16.5. The fraction of sp³-hybridized carbons (Fsp3) is 0.417. The summed E-state index contributed by atoms with van der Waals surface area (Å²) in [5.41, 5.74) is 0.564. The van der Waals surface area contributed by atoms with Crippen molar-refractivity contribution in [1.82, 2.24) is 5.32 Å². The molecule has 0 aliphatic carbocycles. The van der Waals surface area contributed by atoms with Crippen molar-refractivity contribution in [3.63, 3.8) is 0 Å². The highest BCUT2D eigenvalue weighted by molar-refractivity contribution is 5.94. The highest BCUT2D eigenvalue weighted by Gasteiger charge is 2.09. The Hall–Kier alpha value is -1.71. The molecule has 1 N–H and O–H groups in total. The Kier molecular flexibility index (Phi) is 4.64. The third-order valence-electron chi connectivity index (χ3n) is 2.11. The van der Waals surface area contributed by atoms with Crippen molar-refractivity contribution in [2.24, 2.45) is 0 Å². The van der Waals surface area contributed by atoms with Crippen LogP contribution in [-0.2, 0) is 0 Å². The van der Waals surface area contributed by atoms with Gasteiger partial charge in [-0.25, -0.2) is 0 Å². The molecule has 0 saturated carbocycles. The summed E-state index contributed by atoms with van der Waals surface area (Å²) in [7, 11) is 3.17. The third kappa shape index (κ3) is 2.89. The van der Waals surface area contributed by atoms with Crippen LogP contribution in [0.25, 0.3) is 0 Å². The van der Waals surface area contributed by atoms with Crippen LogP contribution in [-0.4, -0.2) is 26.7 Å². The number of methoxy groups -OCH3 is 1. The second-order valence-corrected chi connectivity index (χ2v) is 3.29. The lowest BCUT2D eigenvalue weighted by Crippen LogP contribution is -2.17. The van der Waals surface area contributed by atoms with Gasteiger partial charge in [0.05, 0.1) is 13.7 Å². The van der Waals surface area contributed by atoms with Crippen LogP contribution >= 0.6 is 0 Å². The second kappa shape index (κ2) is 6.00. The van der Waals surface area contributed by atoms with E-state index in [1.807, 2.05) is 6.92 Å².